The zero-order valence-corrected chi connectivity index (χ0v) is 17.0. The van der Waals surface area contributed by atoms with E-state index in [2.05, 4.69) is 41.9 Å². The molecule has 1 saturated heterocycles. The quantitative estimate of drug-likeness (QED) is 0.629. The first-order valence-corrected chi connectivity index (χ1v) is 10.2. The van der Waals surface area contributed by atoms with Crippen LogP contribution in [-0.4, -0.2) is 40.4 Å². The lowest BCUT2D eigenvalue weighted by molar-refractivity contribution is 0.0793. The molecule has 0 radical (unpaired) electrons. The van der Waals surface area contributed by atoms with Crippen molar-refractivity contribution in [2.75, 3.05) is 24.5 Å². The zero-order valence-electron chi connectivity index (χ0n) is 17.0. The second-order valence-corrected chi connectivity index (χ2v) is 7.38. The minimum absolute atomic E-state index is 0.0169. The molecule has 29 heavy (non-hydrogen) atoms. The van der Waals surface area contributed by atoms with Crippen LogP contribution < -0.4 is 4.90 Å². The molecule has 0 N–H and O–H groups in total. The summed E-state index contributed by atoms with van der Waals surface area (Å²) < 4.78 is 0. The fraction of sp³-hybridized carbons (Fsp3) is 0.292. The lowest BCUT2D eigenvalue weighted by Crippen LogP contribution is -2.30. The SMILES string of the molecule is CCN(c1cccc(C)c1)c1nc(-c2ccccc2)ncc1C(=O)N1CCCC1. The first kappa shape index (κ1) is 19.1. The van der Waals surface area contributed by atoms with E-state index in [0.717, 1.165) is 37.2 Å². The summed E-state index contributed by atoms with van der Waals surface area (Å²) in [5.41, 5.74) is 3.70. The molecule has 0 bridgehead atoms. The van der Waals surface area contributed by atoms with Crippen molar-refractivity contribution in [2.24, 2.45) is 0 Å². The van der Waals surface area contributed by atoms with Gasteiger partial charge in [-0.05, 0) is 44.4 Å². The van der Waals surface area contributed by atoms with Gasteiger partial charge in [0.15, 0.2) is 5.82 Å². The topological polar surface area (TPSA) is 49.3 Å². The van der Waals surface area contributed by atoms with Crippen molar-refractivity contribution in [3.05, 3.63) is 71.9 Å². The normalized spacial score (nSPS) is 13.5. The van der Waals surface area contributed by atoms with Crippen LogP contribution in [-0.2, 0) is 0 Å². The van der Waals surface area contributed by atoms with Crippen LogP contribution in [0, 0.1) is 6.92 Å². The number of amides is 1. The highest BCUT2D eigenvalue weighted by molar-refractivity contribution is 5.99. The van der Waals surface area contributed by atoms with Crippen molar-refractivity contribution in [2.45, 2.75) is 26.7 Å². The molecule has 1 aliphatic heterocycles. The van der Waals surface area contributed by atoms with Crippen LogP contribution in [0.3, 0.4) is 0 Å². The second kappa shape index (κ2) is 8.43. The molecule has 5 heteroatoms. The highest BCUT2D eigenvalue weighted by atomic mass is 16.2. The number of aromatic nitrogens is 2. The number of aryl methyl sites for hydroxylation is 1. The van der Waals surface area contributed by atoms with Crippen LogP contribution in [0.25, 0.3) is 11.4 Å². The minimum Gasteiger partial charge on any atom is -0.338 e. The van der Waals surface area contributed by atoms with E-state index in [4.69, 9.17) is 4.98 Å². The van der Waals surface area contributed by atoms with Crippen LogP contribution in [0.2, 0.25) is 0 Å². The molecule has 5 nitrogen and oxygen atoms in total. The smallest absolute Gasteiger partial charge is 0.259 e. The van der Waals surface area contributed by atoms with Gasteiger partial charge in [0, 0.05) is 37.1 Å². The van der Waals surface area contributed by atoms with Gasteiger partial charge >= 0.3 is 0 Å². The Balaban J connectivity index is 1.83. The largest absolute Gasteiger partial charge is 0.338 e. The molecule has 0 atom stereocenters. The number of hydrogen-bond acceptors (Lipinski definition) is 4. The fourth-order valence-corrected chi connectivity index (χ4v) is 3.80. The maximum atomic E-state index is 13.3. The fourth-order valence-electron chi connectivity index (χ4n) is 3.80. The molecule has 0 unspecified atom stereocenters. The maximum absolute atomic E-state index is 13.3. The molecule has 1 fully saturated rings. The number of carbonyl (C=O) groups excluding carboxylic acids is 1. The summed E-state index contributed by atoms with van der Waals surface area (Å²) in [6, 6.07) is 18.2. The Hall–Kier alpha value is -3.21. The first-order valence-electron chi connectivity index (χ1n) is 10.2. The summed E-state index contributed by atoms with van der Waals surface area (Å²) in [5.74, 6) is 1.32. The molecule has 1 aromatic heterocycles. The van der Waals surface area contributed by atoms with Gasteiger partial charge in [0.2, 0.25) is 0 Å². The van der Waals surface area contributed by atoms with Crippen LogP contribution in [0.5, 0.6) is 0 Å². The molecule has 2 aromatic carbocycles. The summed E-state index contributed by atoms with van der Waals surface area (Å²) in [6.45, 7) is 6.46. The number of likely N-dealkylation sites (tertiary alicyclic amines) is 1. The molecule has 0 spiro atoms. The molecular weight excluding hydrogens is 360 g/mol. The van der Waals surface area contributed by atoms with E-state index in [1.54, 1.807) is 6.20 Å². The molecule has 4 rings (SSSR count). The molecule has 0 aliphatic carbocycles. The highest BCUT2D eigenvalue weighted by Gasteiger charge is 2.26. The molecule has 148 valence electrons. The van der Waals surface area contributed by atoms with Gasteiger partial charge in [-0.25, -0.2) is 9.97 Å². The van der Waals surface area contributed by atoms with Crippen molar-refractivity contribution in [3.63, 3.8) is 0 Å². The monoisotopic (exact) mass is 386 g/mol. The Morgan fingerprint density at radius 1 is 1.07 bits per heavy atom. The third-order valence-electron chi connectivity index (χ3n) is 5.31. The molecule has 0 saturated carbocycles. The average molecular weight is 386 g/mol. The Morgan fingerprint density at radius 2 is 1.83 bits per heavy atom. The van der Waals surface area contributed by atoms with Crippen molar-refractivity contribution < 1.29 is 4.79 Å². The van der Waals surface area contributed by atoms with Crippen LogP contribution in [0.15, 0.2) is 60.8 Å². The first-order chi connectivity index (χ1) is 14.2. The average Bonchev–Trinajstić information content (AvgIpc) is 3.29. The van der Waals surface area contributed by atoms with Gasteiger partial charge in [-0.2, -0.15) is 0 Å². The highest BCUT2D eigenvalue weighted by Crippen LogP contribution is 2.30. The third-order valence-corrected chi connectivity index (χ3v) is 5.31. The summed E-state index contributed by atoms with van der Waals surface area (Å²) >= 11 is 0. The molecule has 1 aliphatic rings. The van der Waals surface area contributed by atoms with Crippen LogP contribution >= 0.6 is 0 Å². The Kier molecular flexibility index (Phi) is 5.56. The minimum atomic E-state index is 0.0169. The van der Waals surface area contributed by atoms with E-state index in [-0.39, 0.29) is 5.91 Å². The van der Waals surface area contributed by atoms with Crippen LogP contribution in [0.1, 0.15) is 35.7 Å². The van der Waals surface area contributed by atoms with Gasteiger partial charge in [-0.1, -0.05) is 42.5 Å². The number of nitrogens with zero attached hydrogens (tertiary/aromatic N) is 4. The number of benzene rings is 2. The Morgan fingerprint density at radius 3 is 2.52 bits per heavy atom. The summed E-state index contributed by atoms with van der Waals surface area (Å²) in [4.78, 5) is 26.7. The van der Waals surface area contributed by atoms with E-state index in [1.165, 1.54) is 5.56 Å². The number of hydrogen-bond donors (Lipinski definition) is 0. The van der Waals surface area contributed by atoms with Gasteiger partial charge < -0.3 is 9.80 Å². The second-order valence-electron chi connectivity index (χ2n) is 7.38. The van der Waals surface area contributed by atoms with E-state index >= 15 is 0 Å². The van der Waals surface area contributed by atoms with Gasteiger partial charge in [-0.3, -0.25) is 4.79 Å². The van der Waals surface area contributed by atoms with Gasteiger partial charge in [-0.15, -0.1) is 0 Å². The number of carbonyl (C=O) groups is 1. The van der Waals surface area contributed by atoms with E-state index in [9.17, 15) is 4.79 Å². The predicted molar refractivity (Wildman–Crippen MR) is 116 cm³/mol. The lowest BCUT2D eigenvalue weighted by atomic mass is 10.1. The number of rotatable bonds is 5. The van der Waals surface area contributed by atoms with Crippen molar-refractivity contribution in [1.82, 2.24) is 14.9 Å². The molecule has 1 amide bonds. The molecule has 3 aromatic rings. The molecular formula is C24H26N4O. The third kappa shape index (κ3) is 3.99. The summed E-state index contributed by atoms with van der Waals surface area (Å²) in [7, 11) is 0. The maximum Gasteiger partial charge on any atom is 0.259 e. The number of anilines is 2. The van der Waals surface area contributed by atoms with Crippen molar-refractivity contribution in [1.29, 1.82) is 0 Å². The van der Waals surface area contributed by atoms with E-state index in [0.29, 0.717) is 23.8 Å². The van der Waals surface area contributed by atoms with Gasteiger partial charge in [0.25, 0.3) is 5.91 Å². The molecule has 2 heterocycles. The van der Waals surface area contributed by atoms with Gasteiger partial charge in [0.05, 0.1) is 0 Å². The standard InChI is InChI=1S/C24H26N4O/c1-3-28(20-13-9-10-18(2)16-20)23-21(24(29)27-14-7-8-15-27)17-25-22(26-23)19-11-5-4-6-12-19/h4-6,9-13,16-17H,3,7-8,14-15H2,1-2H3. The van der Waals surface area contributed by atoms with Crippen LogP contribution in [0.4, 0.5) is 11.5 Å². The Labute approximate surface area is 172 Å². The zero-order chi connectivity index (χ0) is 20.2. The predicted octanol–water partition coefficient (Wildman–Crippen LogP) is 4.85. The summed E-state index contributed by atoms with van der Waals surface area (Å²) in [5, 5.41) is 0. The van der Waals surface area contributed by atoms with Crippen molar-refractivity contribution >= 4 is 17.4 Å². The lowest BCUT2D eigenvalue weighted by Gasteiger charge is -2.26. The van der Waals surface area contributed by atoms with Gasteiger partial charge in [0.1, 0.15) is 11.4 Å². The van der Waals surface area contributed by atoms with E-state index < -0.39 is 0 Å². The van der Waals surface area contributed by atoms with Crippen molar-refractivity contribution in [3.8, 4) is 11.4 Å². The Bertz CT molecular complexity index is 997. The van der Waals surface area contributed by atoms with E-state index in [1.807, 2.05) is 41.3 Å². The summed E-state index contributed by atoms with van der Waals surface area (Å²) in [6.07, 6.45) is 3.81.